The number of carbonyl (C=O) groups is 2. The first kappa shape index (κ1) is 22.8. The van der Waals surface area contributed by atoms with Gasteiger partial charge in [-0.2, -0.15) is 0 Å². The van der Waals surface area contributed by atoms with Gasteiger partial charge in [0.05, 0.1) is 12.0 Å². The van der Waals surface area contributed by atoms with Crippen molar-refractivity contribution >= 4 is 23.2 Å². The molecule has 0 heterocycles. The Labute approximate surface area is 175 Å². The Morgan fingerprint density at radius 1 is 1.10 bits per heavy atom. The molecule has 0 saturated carbocycles. The van der Waals surface area contributed by atoms with Crippen LogP contribution in [0.3, 0.4) is 0 Å². The molecular weight excluding hydrogens is 385 g/mol. The Hall–Kier alpha value is -3.48. The van der Waals surface area contributed by atoms with Gasteiger partial charge >= 0.3 is 5.97 Å². The maximum atomic E-state index is 14.2. The number of carbonyl (C=O) groups excluding carboxylic acids is 2. The van der Waals surface area contributed by atoms with Crippen molar-refractivity contribution < 1.29 is 18.7 Å². The van der Waals surface area contributed by atoms with E-state index in [-0.39, 0.29) is 25.1 Å². The summed E-state index contributed by atoms with van der Waals surface area (Å²) in [5, 5.41) is 13.5. The van der Waals surface area contributed by atoms with E-state index in [1.807, 2.05) is 30.3 Å². The summed E-state index contributed by atoms with van der Waals surface area (Å²) in [5.74, 6) is -1.76. The lowest BCUT2D eigenvalue weighted by Gasteiger charge is -2.13. The molecule has 0 aliphatic carbocycles. The molecular formula is C23H26FN3O3. The second kappa shape index (κ2) is 10.9. The average Bonchev–Trinajstić information content (AvgIpc) is 2.73. The Bertz CT molecular complexity index is 955. The molecule has 0 atom stereocenters. The molecule has 0 bridgehead atoms. The zero-order chi connectivity index (χ0) is 22.1. The van der Waals surface area contributed by atoms with E-state index in [1.165, 1.54) is 18.2 Å². The molecule has 0 spiro atoms. The SMILES string of the molecule is CN/C(C)=C(\C(C)=N)c1ccc(F)c(C(=O)NCCC(=O)OCc2ccccc2)c1. The summed E-state index contributed by atoms with van der Waals surface area (Å²) in [5.41, 5.74) is 2.91. The molecule has 1 amide bonds. The number of hydrogen-bond acceptors (Lipinski definition) is 5. The van der Waals surface area contributed by atoms with E-state index in [9.17, 15) is 14.0 Å². The van der Waals surface area contributed by atoms with Crippen molar-refractivity contribution in [2.24, 2.45) is 0 Å². The number of allylic oxidation sites excluding steroid dienone is 2. The fraction of sp³-hybridized carbons (Fsp3) is 0.261. The highest BCUT2D eigenvalue weighted by Crippen LogP contribution is 2.22. The Morgan fingerprint density at radius 2 is 1.80 bits per heavy atom. The van der Waals surface area contributed by atoms with E-state index in [0.29, 0.717) is 16.8 Å². The van der Waals surface area contributed by atoms with Crippen molar-refractivity contribution in [3.63, 3.8) is 0 Å². The van der Waals surface area contributed by atoms with Gasteiger partial charge in [0.25, 0.3) is 5.91 Å². The van der Waals surface area contributed by atoms with Gasteiger partial charge in [-0.25, -0.2) is 4.39 Å². The lowest BCUT2D eigenvalue weighted by atomic mass is 9.97. The zero-order valence-electron chi connectivity index (χ0n) is 17.3. The molecule has 2 aromatic carbocycles. The molecule has 158 valence electrons. The van der Waals surface area contributed by atoms with Crippen LogP contribution in [0, 0.1) is 11.2 Å². The fourth-order valence-corrected chi connectivity index (χ4v) is 2.88. The lowest BCUT2D eigenvalue weighted by molar-refractivity contribution is -0.144. The number of halogens is 1. The van der Waals surface area contributed by atoms with Crippen LogP contribution in [0.4, 0.5) is 4.39 Å². The molecule has 30 heavy (non-hydrogen) atoms. The summed E-state index contributed by atoms with van der Waals surface area (Å²) in [6, 6.07) is 13.4. The van der Waals surface area contributed by atoms with Gasteiger partial charge in [-0.05, 0) is 37.1 Å². The summed E-state index contributed by atoms with van der Waals surface area (Å²) in [4.78, 5) is 24.3. The minimum Gasteiger partial charge on any atom is -0.461 e. The summed E-state index contributed by atoms with van der Waals surface area (Å²) >= 11 is 0. The van der Waals surface area contributed by atoms with Gasteiger partial charge in [-0.15, -0.1) is 0 Å². The third kappa shape index (κ3) is 6.27. The smallest absolute Gasteiger partial charge is 0.307 e. The molecule has 2 aromatic rings. The zero-order valence-corrected chi connectivity index (χ0v) is 17.3. The van der Waals surface area contributed by atoms with Crippen LogP contribution in [0.5, 0.6) is 0 Å². The number of esters is 1. The topological polar surface area (TPSA) is 91.3 Å². The molecule has 0 aliphatic heterocycles. The molecule has 0 unspecified atom stereocenters. The standard InChI is InChI=1S/C23H26FN3O3/c1-15(25)22(16(2)26-3)18-9-10-20(24)19(13-18)23(29)27-12-11-21(28)30-14-17-7-5-4-6-8-17/h4-10,13,25-26H,11-12,14H2,1-3H3,(H,27,29)/b22-16+,25-15?. The summed E-state index contributed by atoms with van der Waals surface area (Å²) in [6.07, 6.45) is -0.0243. The Morgan fingerprint density at radius 3 is 2.43 bits per heavy atom. The summed E-state index contributed by atoms with van der Waals surface area (Å²) in [6.45, 7) is 3.61. The summed E-state index contributed by atoms with van der Waals surface area (Å²) < 4.78 is 19.4. The van der Waals surface area contributed by atoms with Crippen LogP contribution >= 0.6 is 0 Å². The van der Waals surface area contributed by atoms with Crippen LogP contribution in [0.15, 0.2) is 54.2 Å². The predicted octanol–water partition coefficient (Wildman–Crippen LogP) is 3.68. The molecule has 0 aliphatic rings. The van der Waals surface area contributed by atoms with Crippen LogP contribution in [-0.4, -0.2) is 31.2 Å². The predicted molar refractivity (Wildman–Crippen MR) is 115 cm³/mol. The van der Waals surface area contributed by atoms with Gasteiger partial charge < -0.3 is 20.8 Å². The highest BCUT2D eigenvalue weighted by atomic mass is 19.1. The van der Waals surface area contributed by atoms with Crippen molar-refractivity contribution in [2.75, 3.05) is 13.6 Å². The lowest BCUT2D eigenvalue weighted by Crippen LogP contribution is -2.27. The third-order valence-electron chi connectivity index (χ3n) is 4.48. The number of rotatable bonds is 9. The highest BCUT2D eigenvalue weighted by Gasteiger charge is 2.16. The van der Waals surface area contributed by atoms with Crippen LogP contribution in [0.1, 0.15) is 41.8 Å². The van der Waals surface area contributed by atoms with Crippen LogP contribution in [0.25, 0.3) is 5.57 Å². The number of benzene rings is 2. The molecule has 0 aromatic heterocycles. The largest absolute Gasteiger partial charge is 0.461 e. The number of amides is 1. The molecule has 0 radical (unpaired) electrons. The van der Waals surface area contributed by atoms with E-state index in [1.54, 1.807) is 20.9 Å². The average molecular weight is 411 g/mol. The second-order valence-electron chi connectivity index (χ2n) is 6.72. The van der Waals surface area contributed by atoms with Gasteiger partial charge in [-0.1, -0.05) is 36.4 Å². The first-order valence-electron chi connectivity index (χ1n) is 9.55. The monoisotopic (exact) mass is 411 g/mol. The molecule has 2 rings (SSSR count). The van der Waals surface area contributed by atoms with Crippen molar-refractivity contribution in [3.8, 4) is 0 Å². The van der Waals surface area contributed by atoms with Crippen LogP contribution < -0.4 is 10.6 Å². The number of hydrogen-bond donors (Lipinski definition) is 3. The van der Waals surface area contributed by atoms with Crippen LogP contribution in [-0.2, 0) is 16.1 Å². The fourth-order valence-electron chi connectivity index (χ4n) is 2.88. The van der Waals surface area contributed by atoms with E-state index >= 15 is 0 Å². The van der Waals surface area contributed by atoms with Crippen molar-refractivity contribution in [1.82, 2.24) is 10.6 Å². The summed E-state index contributed by atoms with van der Waals surface area (Å²) in [7, 11) is 1.73. The van der Waals surface area contributed by atoms with Gasteiger partial charge in [0, 0.05) is 30.6 Å². The molecule has 3 N–H and O–H groups in total. The minimum atomic E-state index is -0.674. The number of nitrogens with one attached hydrogen (secondary N) is 3. The van der Waals surface area contributed by atoms with Gasteiger partial charge in [0.15, 0.2) is 0 Å². The normalized spacial score (nSPS) is 11.3. The molecule has 6 nitrogen and oxygen atoms in total. The van der Waals surface area contributed by atoms with Gasteiger partial charge in [-0.3, -0.25) is 9.59 Å². The molecule has 0 saturated heterocycles. The van der Waals surface area contributed by atoms with Crippen molar-refractivity contribution in [2.45, 2.75) is 26.9 Å². The highest BCUT2D eigenvalue weighted by molar-refractivity contribution is 6.22. The second-order valence-corrected chi connectivity index (χ2v) is 6.72. The maximum absolute atomic E-state index is 14.2. The van der Waals surface area contributed by atoms with E-state index < -0.39 is 17.7 Å². The first-order chi connectivity index (χ1) is 14.3. The minimum absolute atomic E-state index is 0.0243. The molecule has 7 heteroatoms. The van der Waals surface area contributed by atoms with E-state index in [2.05, 4.69) is 10.6 Å². The van der Waals surface area contributed by atoms with E-state index in [0.717, 1.165) is 11.3 Å². The van der Waals surface area contributed by atoms with Crippen LogP contribution in [0.2, 0.25) is 0 Å². The molecule has 0 fully saturated rings. The van der Waals surface area contributed by atoms with E-state index in [4.69, 9.17) is 10.1 Å². The van der Waals surface area contributed by atoms with Gasteiger partial charge in [0.1, 0.15) is 12.4 Å². The Kier molecular flexibility index (Phi) is 8.29. The van der Waals surface area contributed by atoms with Crippen molar-refractivity contribution in [1.29, 1.82) is 5.41 Å². The Balaban J connectivity index is 1.98. The number of ether oxygens (including phenoxy) is 1. The third-order valence-corrected chi connectivity index (χ3v) is 4.48. The first-order valence-corrected chi connectivity index (χ1v) is 9.55. The van der Waals surface area contributed by atoms with Crippen molar-refractivity contribution in [3.05, 3.63) is 76.7 Å². The van der Waals surface area contributed by atoms with Gasteiger partial charge in [0.2, 0.25) is 0 Å². The maximum Gasteiger partial charge on any atom is 0.307 e. The quantitative estimate of drug-likeness (QED) is 0.434.